The van der Waals surface area contributed by atoms with Crippen LogP contribution in [0.15, 0.2) is 54.6 Å². The highest BCUT2D eigenvalue weighted by Crippen LogP contribution is 2.27. The zero-order chi connectivity index (χ0) is 23.0. The molecule has 0 fully saturated rings. The monoisotopic (exact) mass is 424 g/mol. The first-order chi connectivity index (χ1) is 14.7. The van der Waals surface area contributed by atoms with E-state index in [4.69, 9.17) is 14.9 Å². The second-order valence-corrected chi connectivity index (χ2v) is 6.58. The summed E-state index contributed by atoms with van der Waals surface area (Å²) in [5.74, 6) is -0.653. The number of rotatable bonds is 4. The van der Waals surface area contributed by atoms with Crippen molar-refractivity contribution in [2.45, 2.75) is 13.8 Å². The van der Waals surface area contributed by atoms with Crippen molar-refractivity contribution >= 4 is 18.1 Å². The molecule has 0 unspecified atom stereocenters. The lowest BCUT2D eigenvalue weighted by Crippen LogP contribution is -2.06. The van der Waals surface area contributed by atoms with Crippen molar-refractivity contribution in [1.29, 1.82) is 0 Å². The topological polar surface area (TPSA) is 127 Å². The summed E-state index contributed by atoms with van der Waals surface area (Å²) in [6.07, 6.45) is 3.60. The standard InChI is InChI=1S/C14H12O3.C10H12O4/c15-12-5-3-10(4-6-12)1-2-11-7-13(16)9-14(17)8-11;1-3-14-10(13)9-6(2)4-7(11)5-8(9)12/h1-9,15-17H;4-5,11-12H,3H2,1-2H3. The molecule has 0 aliphatic rings. The minimum Gasteiger partial charge on any atom is -0.508 e. The quantitative estimate of drug-likeness (QED) is 0.307. The molecule has 3 aromatic rings. The molecule has 7 heteroatoms. The van der Waals surface area contributed by atoms with E-state index in [1.54, 1.807) is 56.3 Å². The van der Waals surface area contributed by atoms with Crippen molar-refractivity contribution < 1.29 is 35.1 Å². The van der Waals surface area contributed by atoms with E-state index in [1.165, 1.54) is 12.1 Å². The van der Waals surface area contributed by atoms with Crippen molar-refractivity contribution in [3.8, 4) is 28.7 Å². The summed E-state index contributed by atoms with van der Waals surface area (Å²) < 4.78 is 4.75. The summed E-state index contributed by atoms with van der Waals surface area (Å²) in [6.45, 7) is 3.55. The van der Waals surface area contributed by atoms with E-state index in [1.807, 2.05) is 6.08 Å². The molecule has 0 aliphatic heterocycles. The van der Waals surface area contributed by atoms with E-state index in [0.29, 0.717) is 11.1 Å². The van der Waals surface area contributed by atoms with Gasteiger partial charge in [0.05, 0.1) is 6.61 Å². The van der Waals surface area contributed by atoms with Crippen LogP contribution in [0.2, 0.25) is 0 Å². The summed E-state index contributed by atoms with van der Waals surface area (Å²) in [7, 11) is 0. The molecule has 0 radical (unpaired) electrons. The average molecular weight is 424 g/mol. The highest BCUT2D eigenvalue weighted by atomic mass is 16.5. The van der Waals surface area contributed by atoms with Gasteiger partial charge in [0.25, 0.3) is 0 Å². The van der Waals surface area contributed by atoms with Gasteiger partial charge in [-0.15, -0.1) is 0 Å². The Balaban J connectivity index is 0.000000225. The van der Waals surface area contributed by atoms with E-state index < -0.39 is 5.97 Å². The predicted molar refractivity (Wildman–Crippen MR) is 117 cm³/mol. The minimum atomic E-state index is -0.581. The largest absolute Gasteiger partial charge is 0.508 e. The molecule has 0 amide bonds. The molecule has 0 aromatic heterocycles. The SMILES string of the molecule is CCOC(=O)c1c(C)cc(O)cc1O.Oc1ccc(C=Cc2cc(O)cc(O)c2)cc1. The minimum absolute atomic E-state index is 0.0235. The number of ether oxygens (including phenoxy) is 1. The first-order valence-corrected chi connectivity index (χ1v) is 9.39. The number of phenolic OH excluding ortho intramolecular Hbond substituents is 5. The van der Waals surface area contributed by atoms with Gasteiger partial charge in [-0.05, 0) is 60.9 Å². The van der Waals surface area contributed by atoms with Crippen molar-refractivity contribution in [1.82, 2.24) is 0 Å². The Hall–Kier alpha value is -4.13. The van der Waals surface area contributed by atoms with Crippen LogP contribution in [-0.4, -0.2) is 38.1 Å². The fourth-order valence-corrected chi connectivity index (χ4v) is 2.71. The molecule has 31 heavy (non-hydrogen) atoms. The maximum absolute atomic E-state index is 11.3. The van der Waals surface area contributed by atoms with E-state index in [0.717, 1.165) is 11.6 Å². The van der Waals surface area contributed by atoms with Gasteiger partial charge < -0.3 is 30.3 Å². The summed E-state index contributed by atoms with van der Waals surface area (Å²) in [5.41, 5.74) is 2.21. The van der Waals surface area contributed by atoms with Gasteiger partial charge in [0.1, 0.15) is 34.3 Å². The van der Waals surface area contributed by atoms with Crippen LogP contribution < -0.4 is 0 Å². The number of aryl methyl sites for hydroxylation is 1. The first-order valence-electron chi connectivity index (χ1n) is 9.39. The van der Waals surface area contributed by atoms with Crippen LogP contribution in [0.3, 0.4) is 0 Å². The normalized spacial score (nSPS) is 10.4. The Morgan fingerprint density at radius 3 is 1.87 bits per heavy atom. The Labute approximate surface area is 179 Å². The van der Waals surface area contributed by atoms with Crippen LogP contribution in [0.25, 0.3) is 12.2 Å². The molecule has 0 bridgehead atoms. The Morgan fingerprint density at radius 1 is 0.774 bits per heavy atom. The van der Waals surface area contributed by atoms with Gasteiger partial charge in [-0.2, -0.15) is 0 Å². The summed E-state index contributed by atoms with van der Waals surface area (Å²) >= 11 is 0. The number of carbonyl (C=O) groups is 1. The highest BCUT2D eigenvalue weighted by Gasteiger charge is 2.16. The Bertz CT molecular complexity index is 1030. The zero-order valence-electron chi connectivity index (χ0n) is 17.1. The molecule has 0 saturated heterocycles. The molecule has 0 aliphatic carbocycles. The third kappa shape index (κ3) is 7.01. The smallest absolute Gasteiger partial charge is 0.342 e. The molecular formula is C24H24O7. The predicted octanol–water partition coefficient (Wildman–Crippen LogP) is 4.56. The van der Waals surface area contributed by atoms with Crippen molar-refractivity contribution in [2.75, 3.05) is 6.61 Å². The molecular weight excluding hydrogens is 400 g/mol. The first kappa shape index (κ1) is 23.2. The average Bonchev–Trinajstić information content (AvgIpc) is 2.67. The van der Waals surface area contributed by atoms with Crippen molar-refractivity contribution in [3.05, 3.63) is 76.9 Å². The molecule has 0 atom stereocenters. The Morgan fingerprint density at radius 2 is 1.32 bits per heavy atom. The summed E-state index contributed by atoms with van der Waals surface area (Å²) in [6, 6.07) is 13.6. The zero-order valence-corrected chi connectivity index (χ0v) is 17.1. The number of benzene rings is 3. The number of esters is 1. The number of aromatic hydroxyl groups is 5. The molecule has 3 rings (SSSR count). The van der Waals surface area contributed by atoms with Crippen LogP contribution in [0.4, 0.5) is 0 Å². The molecule has 7 nitrogen and oxygen atoms in total. The van der Waals surface area contributed by atoms with Gasteiger partial charge in [0, 0.05) is 12.1 Å². The summed E-state index contributed by atoms with van der Waals surface area (Å²) in [4.78, 5) is 11.3. The molecule has 3 aromatic carbocycles. The van der Waals surface area contributed by atoms with Crippen molar-refractivity contribution in [2.24, 2.45) is 0 Å². The van der Waals surface area contributed by atoms with Crippen LogP contribution in [0, 0.1) is 6.92 Å². The fraction of sp³-hybridized carbons (Fsp3) is 0.125. The summed E-state index contributed by atoms with van der Waals surface area (Å²) in [5, 5.41) is 46.3. The number of hydrogen-bond donors (Lipinski definition) is 5. The number of hydrogen-bond acceptors (Lipinski definition) is 7. The molecule has 0 heterocycles. The van der Waals surface area contributed by atoms with E-state index in [-0.39, 0.29) is 40.9 Å². The number of carbonyl (C=O) groups excluding carboxylic acids is 1. The van der Waals surface area contributed by atoms with Gasteiger partial charge in [-0.3, -0.25) is 0 Å². The van der Waals surface area contributed by atoms with E-state index in [9.17, 15) is 20.1 Å². The van der Waals surface area contributed by atoms with Crippen molar-refractivity contribution in [3.63, 3.8) is 0 Å². The van der Waals surface area contributed by atoms with Crippen LogP contribution in [0.1, 0.15) is 34.0 Å². The maximum atomic E-state index is 11.3. The second kappa shape index (κ2) is 10.6. The van der Waals surface area contributed by atoms with Gasteiger partial charge in [0.2, 0.25) is 0 Å². The fourth-order valence-electron chi connectivity index (χ4n) is 2.71. The van der Waals surface area contributed by atoms with Gasteiger partial charge in [-0.1, -0.05) is 24.3 Å². The molecule has 5 N–H and O–H groups in total. The van der Waals surface area contributed by atoms with Gasteiger partial charge in [-0.25, -0.2) is 4.79 Å². The lowest BCUT2D eigenvalue weighted by molar-refractivity contribution is 0.0522. The van der Waals surface area contributed by atoms with Gasteiger partial charge in [0.15, 0.2) is 0 Å². The molecule has 0 saturated carbocycles. The third-order valence-corrected chi connectivity index (χ3v) is 4.07. The van der Waals surface area contributed by atoms with E-state index in [2.05, 4.69) is 0 Å². The third-order valence-electron chi connectivity index (χ3n) is 4.07. The Kier molecular flexibility index (Phi) is 7.91. The maximum Gasteiger partial charge on any atom is 0.342 e. The second-order valence-electron chi connectivity index (χ2n) is 6.58. The van der Waals surface area contributed by atoms with E-state index >= 15 is 0 Å². The van der Waals surface area contributed by atoms with Crippen LogP contribution >= 0.6 is 0 Å². The molecule has 0 spiro atoms. The number of phenols is 5. The lowest BCUT2D eigenvalue weighted by atomic mass is 10.1. The van der Waals surface area contributed by atoms with Gasteiger partial charge >= 0.3 is 5.97 Å². The van der Waals surface area contributed by atoms with Crippen LogP contribution in [-0.2, 0) is 4.74 Å². The lowest BCUT2D eigenvalue weighted by Gasteiger charge is -2.07. The molecule has 162 valence electrons. The van der Waals surface area contributed by atoms with Crippen LogP contribution in [0.5, 0.6) is 28.7 Å². The highest BCUT2D eigenvalue weighted by molar-refractivity contribution is 5.94.